The van der Waals surface area contributed by atoms with Crippen LogP contribution >= 0.6 is 11.6 Å². The first kappa shape index (κ1) is 15.0. The third kappa shape index (κ3) is 4.00. The van der Waals surface area contributed by atoms with Crippen molar-refractivity contribution in [3.05, 3.63) is 34.3 Å². The van der Waals surface area contributed by atoms with Gasteiger partial charge in [-0.15, -0.1) is 0 Å². The van der Waals surface area contributed by atoms with E-state index in [0.717, 1.165) is 17.1 Å². The monoisotopic (exact) mass is 268 g/mol. The predicted octanol–water partition coefficient (Wildman–Crippen LogP) is 2.60. The summed E-state index contributed by atoms with van der Waals surface area (Å²) in [7, 11) is 1.81. The SMILES string of the molecule is CCN(C)C(=O)C(C)NCc1ccc(Cl)cc1C. The van der Waals surface area contributed by atoms with Crippen LogP contribution in [0.2, 0.25) is 5.02 Å². The molecule has 3 nitrogen and oxygen atoms in total. The summed E-state index contributed by atoms with van der Waals surface area (Å²) in [5.41, 5.74) is 2.30. The molecule has 1 aromatic carbocycles. The average molecular weight is 269 g/mol. The quantitative estimate of drug-likeness (QED) is 0.890. The van der Waals surface area contributed by atoms with Crippen LogP contribution < -0.4 is 5.32 Å². The van der Waals surface area contributed by atoms with Gasteiger partial charge in [0, 0.05) is 25.2 Å². The first-order valence-corrected chi connectivity index (χ1v) is 6.57. The molecule has 0 radical (unpaired) electrons. The van der Waals surface area contributed by atoms with Crippen molar-refractivity contribution >= 4 is 17.5 Å². The highest BCUT2D eigenvalue weighted by Crippen LogP contribution is 2.15. The van der Waals surface area contributed by atoms with Gasteiger partial charge in [-0.25, -0.2) is 0 Å². The largest absolute Gasteiger partial charge is 0.345 e. The molecule has 100 valence electrons. The molecule has 0 spiro atoms. The smallest absolute Gasteiger partial charge is 0.239 e. The van der Waals surface area contributed by atoms with Gasteiger partial charge < -0.3 is 10.2 Å². The second-order valence-electron chi connectivity index (χ2n) is 4.53. The number of hydrogen-bond acceptors (Lipinski definition) is 2. The highest BCUT2D eigenvalue weighted by atomic mass is 35.5. The maximum Gasteiger partial charge on any atom is 0.239 e. The molecule has 0 aromatic heterocycles. The predicted molar refractivity (Wildman–Crippen MR) is 75.8 cm³/mol. The number of nitrogens with one attached hydrogen (secondary N) is 1. The van der Waals surface area contributed by atoms with Crippen LogP contribution in [0, 0.1) is 6.92 Å². The van der Waals surface area contributed by atoms with Gasteiger partial charge in [0.15, 0.2) is 0 Å². The van der Waals surface area contributed by atoms with Crippen LogP contribution in [0.25, 0.3) is 0 Å². The summed E-state index contributed by atoms with van der Waals surface area (Å²) in [6.07, 6.45) is 0. The number of nitrogens with zero attached hydrogens (tertiary/aromatic N) is 1. The van der Waals surface area contributed by atoms with Gasteiger partial charge >= 0.3 is 0 Å². The van der Waals surface area contributed by atoms with E-state index in [9.17, 15) is 4.79 Å². The van der Waals surface area contributed by atoms with Crippen LogP contribution in [0.5, 0.6) is 0 Å². The van der Waals surface area contributed by atoms with Crippen LogP contribution in [0.4, 0.5) is 0 Å². The van der Waals surface area contributed by atoms with Crippen molar-refractivity contribution in [2.24, 2.45) is 0 Å². The number of halogens is 1. The number of hydrogen-bond donors (Lipinski definition) is 1. The van der Waals surface area contributed by atoms with Crippen molar-refractivity contribution in [2.75, 3.05) is 13.6 Å². The first-order valence-electron chi connectivity index (χ1n) is 6.19. The number of carbonyl (C=O) groups excluding carboxylic acids is 1. The maximum absolute atomic E-state index is 11.9. The fraction of sp³-hybridized carbons (Fsp3) is 0.500. The Morgan fingerprint density at radius 1 is 1.50 bits per heavy atom. The minimum absolute atomic E-state index is 0.115. The van der Waals surface area contributed by atoms with Crippen molar-refractivity contribution in [2.45, 2.75) is 33.4 Å². The third-order valence-corrected chi connectivity index (χ3v) is 3.36. The Kier molecular flexibility index (Phi) is 5.63. The summed E-state index contributed by atoms with van der Waals surface area (Å²) < 4.78 is 0. The third-order valence-electron chi connectivity index (χ3n) is 3.12. The Hall–Kier alpha value is -1.06. The first-order chi connectivity index (χ1) is 8.45. The highest BCUT2D eigenvalue weighted by Gasteiger charge is 2.15. The van der Waals surface area contributed by atoms with Gasteiger partial charge in [-0.05, 0) is 44.0 Å². The second-order valence-corrected chi connectivity index (χ2v) is 4.96. The van der Waals surface area contributed by atoms with Crippen LogP contribution in [-0.2, 0) is 11.3 Å². The van der Waals surface area contributed by atoms with Gasteiger partial charge in [0.25, 0.3) is 0 Å². The number of aryl methyl sites for hydroxylation is 1. The fourth-order valence-corrected chi connectivity index (χ4v) is 1.92. The van der Waals surface area contributed by atoms with Gasteiger partial charge in [0.05, 0.1) is 6.04 Å². The van der Waals surface area contributed by atoms with Gasteiger partial charge in [-0.1, -0.05) is 17.7 Å². The highest BCUT2D eigenvalue weighted by molar-refractivity contribution is 6.30. The second kappa shape index (κ2) is 6.76. The van der Waals surface area contributed by atoms with Crippen molar-refractivity contribution in [3.8, 4) is 0 Å². The van der Waals surface area contributed by atoms with Gasteiger partial charge in [0.1, 0.15) is 0 Å². The van der Waals surface area contributed by atoms with E-state index in [2.05, 4.69) is 5.32 Å². The lowest BCUT2D eigenvalue weighted by Gasteiger charge is -2.21. The molecule has 1 unspecified atom stereocenters. The van der Waals surface area contributed by atoms with Crippen LogP contribution in [0.3, 0.4) is 0 Å². The molecule has 1 amide bonds. The normalized spacial score (nSPS) is 12.3. The van der Waals surface area contributed by atoms with E-state index >= 15 is 0 Å². The van der Waals surface area contributed by atoms with Crippen molar-refractivity contribution in [3.63, 3.8) is 0 Å². The molecule has 0 aliphatic rings. The summed E-state index contributed by atoms with van der Waals surface area (Å²) in [6.45, 7) is 7.28. The topological polar surface area (TPSA) is 32.3 Å². The fourth-order valence-electron chi connectivity index (χ4n) is 1.69. The lowest BCUT2D eigenvalue weighted by atomic mass is 10.1. The molecular weight excluding hydrogens is 248 g/mol. The molecule has 0 aliphatic carbocycles. The van der Waals surface area contributed by atoms with Crippen LogP contribution in [0.1, 0.15) is 25.0 Å². The van der Waals surface area contributed by atoms with Crippen molar-refractivity contribution in [1.82, 2.24) is 10.2 Å². The molecule has 0 heterocycles. The molecule has 18 heavy (non-hydrogen) atoms. The van der Waals surface area contributed by atoms with Crippen molar-refractivity contribution in [1.29, 1.82) is 0 Å². The minimum Gasteiger partial charge on any atom is -0.345 e. The van der Waals surface area contributed by atoms with E-state index < -0.39 is 0 Å². The Bertz CT molecular complexity index is 420. The zero-order chi connectivity index (χ0) is 13.7. The average Bonchev–Trinajstić information content (AvgIpc) is 2.35. The summed E-state index contributed by atoms with van der Waals surface area (Å²) in [4.78, 5) is 13.6. The molecule has 4 heteroatoms. The number of benzene rings is 1. The number of amides is 1. The van der Waals surface area contributed by atoms with Crippen LogP contribution in [-0.4, -0.2) is 30.4 Å². The summed E-state index contributed by atoms with van der Waals surface area (Å²) in [5, 5.41) is 3.98. The minimum atomic E-state index is -0.176. The summed E-state index contributed by atoms with van der Waals surface area (Å²) in [5.74, 6) is 0.115. The summed E-state index contributed by atoms with van der Waals surface area (Å²) >= 11 is 5.91. The van der Waals surface area contributed by atoms with Crippen molar-refractivity contribution < 1.29 is 4.79 Å². The molecule has 0 saturated carbocycles. The van der Waals surface area contributed by atoms with Gasteiger partial charge in [-0.2, -0.15) is 0 Å². The standard InChI is InChI=1S/C14H21ClN2O/c1-5-17(4)14(18)11(3)16-9-12-6-7-13(15)8-10(12)2/h6-8,11,16H,5,9H2,1-4H3. The Balaban J connectivity index is 2.57. The van der Waals surface area contributed by atoms with Gasteiger partial charge in [0.2, 0.25) is 5.91 Å². The number of carbonyl (C=O) groups is 1. The Labute approximate surface area is 114 Å². The molecule has 0 bridgehead atoms. The molecule has 1 atom stereocenters. The summed E-state index contributed by atoms with van der Waals surface area (Å²) in [6, 6.07) is 5.62. The lowest BCUT2D eigenvalue weighted by molar-refractivity contribution is -0.131. The van der Waals surface area contributed by atoms with E-state index in [1.807, 2.05) is 46.0 Å². The van der Waals surface area contributed by atoms with Gasteiger partial charge in [-0.3, -0.25) is 4.79 Å². The molecular formula is C14H21ClN2O. The molecule has 0 fully saturated rings. The lowest BCUT2D eigenvalue weighted by Crippen LogP contribution is -2.42. The Morgan fingerprint density at radius 3 is 2.72 bits per heavy atom. The Morgan fingerprint density at radius 2 is 2.17 bits per heavy atom. The molecule has 0 saturated heterocycles. The van der Waals surface area contributed by atoms with E-state index in [0.29, 0.717) is 6.54 Å². The maximum atomic E-state index is 11.9. The molecule has 1 rings (SSSR count). The molecule has 0 aliphatic heterocycles. The van der Waals surface area contributed by atoms with Crippen LogP contribution in [0.15, 0.2) is 18.2 Å². The number of rotatable bonds is 5. The van der Waals surface area contributed by atoms with E-state index in [4.69, 9.17) is 11.6 Å². The van der Waals surface area contributed by atoms with E-state index in [1.54, 1.807) is 4.90 Å². The molecule has 1 N–H and O–H groups in total. The van der Waals surface area contributed by atoms with E-state index in [1.165, 1.54) is 5.56 Å². The zero-order valence-corrected chi connectivity index (χ0v) is 12.2. The molecule has 1 aromatic rings. The zero-order valence-electron chi connectivity index (χ0n) is 11.5. The number of likely N-dealkylation sites (N-methyl/N-ethyl adjacent to an activating group) is 1. The van der Waals surface area contributed by atoms with E-state index in [-0.39, 0.29) is 11.9 Å².